The summed E-state index contributed by atoms with van der Waals surface area (Å²) in [4.78, 5) is 0. The first-order chi connectivity index (χ1) is 8.78. The third-order valence-corrected chi connectivity index (χ3v) is 3.80. The Morgan fingerprint density at radius 1 is 1.39 bits per heavy atom. The lowest BCUT2D eigenvalue weighted by molar-refractivity contribution is 0.169. The molecule has 1 saturated carbocycles. The van der Waals surface area contributed by atoms with Crippen LogP contribution in [0.5, 0.6) is 11.5 Å². The molecule has 1 heterocycles. The largest absolute Gasteiger partial charge is 0.454 e. The van der Waals surface area contributed by atoms with Crippen molar-refractivity contribution in [1.29, 1.82) is 0 Å². The van der Waals surface area contributed by atoms with Crippen molar-refractivity contribution in [2.24, 2.45) is 5.92 Å². The average molecular weight is 249 g/mol. The van der Waals surface area contributed by atoms with Gasteiger partial charge in [0.25, 0.3) is 0 Å². The minimum absolute atomic E-state index is 0.271. The fourth-order valence-electron chi connectivity index (χ4n) is 2.45. The van der Waals surface area contributed by atoms with Crippen LogP contribution < -0.4 is 14.8 Å². The zero-order valence-electron chi connectivity index (χ0n) is 10.6. The van der Waals surface area contributed by atoms with Gasteiger partial charge >= 0.3 is 0 Å². The monoisotopic (exact) mass is 249 g/mol. The third-order valence-electron chi connectivity index (χ3n) is 3.80. The first-order valence-corrected chi connectivity index (χ1v) is 6.59. The lowest BCUT2D eigenvalue weighted by atomic mass is 10.1. The molecule has 1 aliphatic heterocycles. The topological polar surface area (TPSA) is 50.7 Å². The van der Waals surface area contributed by atoms with Crippen molar-refractivity contribution in [1.82, 2.24) is 5.32 Å². The minimum Gasteiger partial charge on any atom is -0.454 e. The molecular formula is C14H19NO3. The zero-order chi connectivity index (χ0) is 12.5. The van der Waals surface area contributed by atoms with E-state index >= 15 is 0 Å². The summed E-state index contributed by atoms with van der Waals surface area (Å²) >= 11 is 0. The Kier molecular flexibility index (Phi) is 3.14. The van der Waals surface area contributed by atoms with Crippen LogP contribution >= 0.6 is 0 Å². The molecule has 0 bridgehead atoms. The van der Waals surface area contributed by atoms with Gasteiger partial charge in [-0.3, -0.25) is 0 Å². The number of aliphatic hydroxyl groups is 1. The Hall–Kier alpha value is -1.26. The van der Waals surface area contributed by atoms with E-state index in [0.29, 0.717) is 12.6 Å². The average Bonchev–Trinajstić information content (AvgIpc) is 3.00. The van der Waals surface area contributed by atoms with E-state index in [-0.39, 0.29) is 6.79 Å². The summed E-state index contributed by atoms with van der Waals surface area (Å²) in [5.74, 6) is 2.28. The van der Waals surface area contributed by atoms with E-state index in [4.69, 9.17) is 9.47 Å². The van der Waals surface area contributed by atoms with Crippen LogP contribution in [0.25, 0.3) is 0 Å². The van der Waals surface area contributed by atoms with E-state index in [1.54, 1.807) is 0 Å². The highest BCUT2D eigenvalue weighted by atomic mass is 16.7. The summed E-state index contributed by atoms with van der Waals surface area (Å²) in [7, 11) is 0. The van der Waals surface area contributed by atoms with E-state index < -0.39 is 6.10 Å². The summed E-state index contributed by atoms with van der Waals surface area (Å²) in [5, 5.41) is 13.5. The maximum Gasteiger partial charge on any atom is 0.231 e. The van der Waals surface area contributed by atoms with Gasteiger partial charge in [-0.05, 0) is 30.0 Å². The molecule has 0 aromatic heterocycles. The first kappa shape index (κ1) is 11.8. The van der Waals surface area contributed by atoms with Crippen LogP contribution in [0.15, 0.2) is 18.2 Å². The molecule has 18 heavy (non-hydrogen) atoms. The Morgan fingerprint density at radius 2 is 2.22 bits per heavy atom. The molecule has 98 valence electrons. The minimum atomic E-state index is -0.488. The molecule has 0 amide bonds. The molecule has 4 heteroatoms. The number of fused-ring (bicyclic) bond motifs is 1. The summed E-state index contributed by atoms with van der Waals surface area (Å²) in [6.07, 6.45) is 1.97. The second kappa shape index (κ2) is 4.78. The Labute approximate surface area is 107 Å². The van der Waals surface area contributed by atoms with Crippen molar-refractivity contribution < 1.29 is 14.6 Å². The number of aliphatic hydroxyl groups excluding tert-OH is 1. The lowest BCUT2D eigenvalue weighted by Crippen LogP contribution is -2.24. The van der Waals surface area contributed by atoms with Crippen LogP contribution in [0.2, 0.25) is 0 Å². The molecule has 0 spiro atoms. The van der Waals surface area contributed by atoms with E-state index in [2.05, 4.69) is 12.2 Å². The van der Waals surface area contributed by atoms with Gasteiger partial charge in [0, 0.05) is 12.6 Å². The van der Waals surface area contributed by atoms with Gasteiger partial charge in [-0.25, -0.2) is 0 Å². The number of hydrogen-bond donors (Lipinski definition) is 2. The Balaban J connectivity index is 1.57. The first-order valence-electron chi connectivity index (χ1n) is 6.59. The summed E-state index contributed by atoms with van der Waals surface area (Å²) < 4.78 is 10.6. The molecular weight excluding hydrogens is 230 g/mol. The second-order valence-corrected chi connectivity index (χ2v) is 5.05. The van der Waals surface area contributed by atoms with Crippen molar-refractivity contribution in [3.8, 4) is 11.5 Å². The predicted octanol–water partition coefficient (Wildman–Crippen LogP) is 1.84. The molecule has 0 radical (unpaired) electrons. The molecule has 3 unspecified atom stereocenters. The highest BCUT2D eigenvalue weighted by molar-refractivity contribution is 5.45. The number of nitrogens with one attached hydrogen (secondary N) is 1. The molecule has 4 nitrogen and oxygen atoms in total. The van der Waals surface area contributed by atoms with Crippen molar-refractivity contribution in [3.63, 3.8) is 0 Å². The SMILES string of the molecule is CCC1CC1NCC(O)c1ccc2c(c1)OCO2. The van der Waals surface area contributed by atoms with Crippen LogP contribution in [-0.2, 0) is 0 Å². The van der Waals surface area contributed by atoms with Crippen molar-refractivity contribution >= 4 is 0 Å². The van der Waals surface area contributed by atoms with E-state index in [1.165, 1.54) is 12.8 Å². The molecule has 1 fully saturated rings. The summed E-state index contributed by atoms with van der Waals surface area (Å²) in [6.45, 7) is 3.08. The Morgan fingerprint density at radius 3 is 3.00 bits per heavy atom. The maximum absolute atomic E-state index is 10.1. The molecule has 0 saturated heterocycles. The van der Waals surface area contributed by atoms with Crippen LogP contribution in [0.3, 0.4) is 0 Å². The molecule has 1 aromatic carbocycles. The molecule has 1 aromatic rings. The summed E-state index contributed by atoms with van der Waals surface area (Å²) in [6, 6.07) is 6.20. The number of benzene rings is 1. The number of hydrogen-bond acceptors (Lipinski definition) is 4. The maximum atomic E-state index is 10.1. The van der Waals surface area contributed by atoms with E-state index in [0.717, 1.165) is 23.0 Å². The molecule has 2 aliphatic rings. The van der Waals surface area contributed by atoms with Gasteiger partial charge in [0.15, 0.2) is 11.5 Å². The van der Waals surface area contributed by atoms with Crippen molar-refractivity contribution in [2.45, 2.75) is 31.9 Å². The van der Waals surface area contributed by atoms with Crippen LogP contribution in [0, 0.1) is 5.92 Å². The smallest absolute Gasteiger partial charge is 0.231 e. The second-order valence-electron chi connectivity index (χ2n) is 5.05. The summed E-state index contributed by atoms with van der Waals surface area (Å²) in [5.41, 5.74) is 0.875. The third kappa shape index (κ3) is 2.31. The van der Waals surface area contributed by atoms with Gasteiger partial charge in [0.2, 0.25) is 6.79 Å². The highest BCUT2D eigenvalue weighted by Gasteiger charge is 2.34. The highest BCUT2D eigenvalue weighted by Crippen LogP contribution is 2.35. The predicted molar refractivity (Wildman–Crippen MR) is 67.7 cm³/mol. The van der Waals surface area contributed by atoms with E-state index in [9.17, 15) is 5.11 Å². The van der Waals surface area contributed by atoms with Gasteiger partial charge in [-0.1, -0.05) is 19.4 Å². The van der Waals surface area contributed by atoms with Gasteiger partial charge in [0.1, 0.15) is 0 Å². The number of rotatable bonds is 5. The fourth-order valence-corrected chi connectivity index (χ4v) is 2.45. The van der Waals surface area contributed by atoms with Gasteiger partial charge in [-0.2, -0.15) is 0 Å². The van der Waals surface area contributed by atoms with Crippen LogP contribution in [-0.4, -0.2) is 24.5 Å². The van der Waals surface area contributed by atoms with Crippen molar-refractivity contribution in [2.75, 3.05) is 13.3 Å². The molecule has 2 N–H and O–H groups in total. The van der Waals surface area contributed by atoms with Gasteiger partial charge in [-0.15, -0.1) is 0 Å². The fraction of sp³-hybridized carbons (Fsp3) is 0.571. The van der Waals surface area contributed by atoms with Crippen LogP contribution in [0.1, 0.15) is 31.4 Å². The molecule has 1 aliphatic carbocycles. The van der Waals surface area contributed by atoms with Gasteiger partial charge < -0.3 is 19.9 Å². The normalized spacial score (nSPS) is 26.1. The van der Waals surface area contributed by atoms with Crippen LogP contribution in [0.4, 0.5) is 0 Å². The Bertz CT molecular complexity index is 435. The number of ether oxygens (including phenoxy) is 2. The standard InChI is InChI=1S/C14H19NO3/c1-2-9-5-11(9)15-7-12(16)10-3-4-13-14(6-10)18-8-17-13/h3-4,6,9,11-12,15-16H,2,5,7-8H2,1H3. The molecule has 3 atom stereocenters. The van der Waals surface area contributed by atoms with Gasteiger partial charge in [0.05, 0.1) is 6.10 Å². The quantitative estimate of drug-likeness (QED) is 0.836. The van der Waals surface area contributed by atoms with E-state index in [1.807, 2.05) is 18.2 Å². The lowest BCUT2D eigenvalue weighted by Gasteiger charge is -2.12. The van der Waals surface area contributed by atoms with Crippen molar-refractivity contribution in [3.05, 3.63) is 23.8 Å². The zero-order valence-corrected chi connectivity index (χ0v) is 10.6. The molecule has 3 rings (SSSR count).